The molecule has 0 radical (unpaired) electrons. The fourth-order valence-electron chi connectivity index (χ4n) is 2.11. The average molecular weight is 522 g/mol. The molecule has 4 amide bonds. The van der Waals surface area contributed by atoms with Crippen molar-refractivity contribution in [2.75, 3.05) is 0 Å². The lowest BCUT2D eigenvalue weighted by Crippen LogP contribution is -2.54. The zero-order valence-corrected chi connectivity index (χ0v) is 19.0. The molecule has 1 aromatic carbocycles. The van der Waals surface area contributed by atoms with Gasteiger partial charge in [-0.3, -0.25) is 14.4 Å². The SMILES string of the molecule is CC(NC(=O)OCc1ccccc1)C(=O)NC(C)C(=O)NC(CC(N)=O)C(=O)O.O=C(O)C(F)(F)F. The van der Waals surface area contributed by atoms with Crippen molar-refractivity contribution in [3.8, 4) is 0 Å². The number of nitrogens with one attached hydrogen (secondary N) is 3. The number of amides is 4. The number of carbonyl (C=O) groups is 6. The van der Waals surface area contributed by atoms with Gasteiger partial charge in [-0.25, -0.2) is 14.4 Å². The minimum Gasteiger partial charge on any atom is -0.480 e. The van der Waals surface area contributed by atoms with Gasteiger partial charge in [-0.1, -0.05) is 30.3 Å². The van der Waals surface area contributed by atoms with Crippen LogP contribution in [0.1, 0.15) is 25.8 Å². The average Bonchev–Trinajstić information content (AvgIpc) is 2.77. The Morgan fingerprint density at radius 1 is 0.917 bits per heavy atom. The Balaban J connectivity index is 0.00000152. The molecule has 0 fully saturated rings. The summed E-state index contributed by atoms with van der Waals surface area (Å²) in [6.45, 7) is 2.73. The Morgan fingerprint density at radius 3 is 1.83 bits per heavy atom. The van der Waals surface area contributed by atoms with Crippen molar-refractivity contribution in [2.24, 2.45) is 5.73 Å². The van der Waals surface area contributed by atoms with Crippen molar-refractivity contribution in [1.82, 2.24) is 16.0 Å². The van der Waals surface area contributed by atoms with E-state index in [4.69, 9.17) is 25.5 Å². The number of ether oxygens (including phenoxy) is 1. The van der Waals surface area contributed by atoms with Crippen LogP contribution < -0.4 is 21.7 Å². The van der Waals surface area contributed by atoms with E-state index in [1.165, 1.54) is 13.8 Å². The normalized spacial score (nSPS) is 12.9. The number of benzene rings is 1. The van der Waals surface area contributed by atoms with Gasteiger partial charge in [0, 0.05) is 0 Å². The number of carbonyl (C=O) groups excluding carboxylic acids is 4. The Hall–Kier alpha value is -4.37. The zero-order chi connectivity index (χ0) is 28.1. The number of alkyl carbamates (subject to hydrolysis) is 1. The third kappa shape index (κ3) is 13.4. The van der Waals surface area contributed by atoms with Gasteiger partial charge in [-0.2, -0.15) is 13.2 Å². The monoisotopic (exact) mass is 522 g/mol. The summed E-state index contributed by atoms with van der Waals surface area (Å²) in [6.07, 6.45) is -6.49. The largest absolute Gasteiger partial charge is 0.490 e. The second kappa shape index (κ2) is 14.8. The van der Waals surface area contributed by atoms with E-state index in [1.807, 2.05) is 6.07 Å². The van der Waals surface area contributed by atoms with Crippen molar-refractivity contribution >= 4 is 35.8 Å². The van der Waals surface area contributed by atoms with Gasteiger partial charge in [-0.15, -0.1) is 0 Å². The number of aliphatic carboxylic acids is 2. The van der Waals surface area contributed by atoms with Gasteiger partial charge < -0.3 is 36.6 Å². The summed E-state index contributed by atoms with van der Waals surface area (Å²) in [5.41, 5.74) is 5.71. The molecule has 0 aromatic heterocycles. The van der Waals surface area contributed by atoms with Gasteiger partial charge in [0.1, 0.15) is 24.7 Å². The predicted octanol–water partition coefficient (Wildman–Crippen LogP) is -0.116. The summed E-state index contributed by atoms with van der Waals surface area (Å²) >= 11 is 0. The van der Waals surface area contributed by atoms with Crippen LogP contribution in [-0.2, 0) is 35.3 Å². The first-order valence-electron chi connectivity index (χ1n) is 9.93. The highest BCUT2D eigenvalue weighted by Gasteiger charge is 2.38. The Bertz CT molecular complexity index is 942. The van der Waals surface area contributed by atoms with Crippen LogP contribution in [0.3, 0.4) is 0 Å². The number of nitrogens with two attached hydrogens (primary N) is 1. The van der Waals surface area contributed by atoms with E-state index in [0.717, 1.165) is 5.56 Å². The first-order chi connectivity index (χ1) is 16.5. The number of halogens is 3. The minimum atomic E-state index is -5.08. The lowest BCUT2D eigenvalue weighted by molar-refractivity contribution is -0.192. The summed E-state index contributed by atoms with van der Waals surface area (Å²) in [5.74, 6) is -6.61. The lowest BCUT2D eigenvalue weighted by Gasteiger charge is -2.20. The molecular formula is C20H25F3N4O9. The summed E-state index contributed by atoms with van der Waals surface area (Å²) in [4.78, 5) is 66.7. The van der Waals surface area contributed by atoms with Crippen LogP contribution in [0.25, 0.3) is 0 Å². The Labute approximate surface area is 202 Å². The van der Waals surface area contributed by atoms with Crippen molar-refractivity contribution in [3.63, 3.8) is 0 Å². The van der Waals surface area contributed by atoms with Gasteiger partial charge in [0.15, 0.2) is 0 Å². The van der Waals surface area contributed by atoms with Gasteiger partial charge in [0.2, 0.25) is 17.7 Å². The van der Waals surface area contributed by atoms with Crippen LogP contribution in [0.5, 0.6) is 0 Å². The van der Waals surface area contributed by atoms with E-state index in [0.29, 0.717) is 0 Å². The fraction of sp³-hybridized carbons (Fsp3) is 0.400. The van der Waals surface area contributed by atoms with Crippen LogP contribution in [0.4, 0.5) is 18.0 Å². The van der Waals surface area contributed by atoms with E-state index < -0.39 is 66.5 Å². The molecule has 0 heterocycles. The first kappa shape index (κ1) is 31.6. The molecule has 0 aliphatic carbocycles. The fourth-order valence-corrected chi connectivity index (χ4v) is 2.11. The highest BCUT2D eigenvalue weighted by atomic mass is 19.4. The molecule has 7 N–H and O–H groups in total. The van der Waals surface area contributed by atoms with E-state index in [1.54, 1.807) is 24.3 Å². The molecule has 0 spiro atoms. The number of carboxylic acid groups (broad SMARTS) is 2. The van der Waals surface area contributed by atoms with E-state index in [-0.39, 0.29) is 6.61 Å². The van der Waals surface area contributed by atoms with Gasteiger partial charge in [0.25, 0.3) is 0 Å². The maximum Gasteiger partial charge on any atom is 0.490 e. The van der Waals surface area contributed by atoms with Crippen molar-refractivity contribution in [1.29, 1.82) is 0 Å². The van der Waals surface area contributed by atoms with Gasteiger partial charge in [0.05, 0.1) is 6.42 Å². The highest BCUT2D eigenvalue weighted by molar-refractivity contribution is 5.93. The zero-order valence-electron chi connectivity index (χ0n) is 19.0. The molecule has 0 aliphatic rings. The van der Waals surface area contributed by atoms with E-state index >= 15 is 0 Å². The Kier molecular flexibility index (Phi) is 13.0. The van der Waals surface area contributed by atoms with Crippen molar-refractivity contribution in [3.05, 3.63) is 35.9 Å². The molecule has 3 unspecified atom stereocenters. The third-order valence-corrected chi connectivity index (χ3v) is 3.95. The van der Waals surface area contributed by atoms with Crippen molar-refractivity contribution < 1.29 is 56.9 Å². The molecule has 16 heteroatoms. The number of rotatable bonds is 10. The second-order valence-electron chi connectivity index (χ2n) is 7.03. The second-order valence-corrected chi connectivity index (χ2v) is 7.03. The van der Waals surface area contributed by atoms with Crippen LogP contribution in [0.15, 0.2) is 30.3 Å². The summed E-state index contributed by atoms with van der Waals surface area (Å²) in [6, 6.07) is 5.28. The van der Waals surface area contributed by atoms with Gasteiger partial charge >= 0.3 is 24.2 Å². The molecule has 200 valence electrons. The number of hydrogen-bond acceptors (Lipinski definition) is 7. The first-order valence-corrected chi connectivity index (χ1v) is 9.93. The van der Waals surface area contributed by atoms with E-state index in [9.17, 15) is 37.1 Å². The maximum atomic E-state index is 12.1. The lowest BCUT2D eigenvalue weighted by atomic mass is 10.2. The summed E-state index contributed by atoms with van der Waals surface area (Å²) in [7, 11) is 0. The van der Waals surface area contributed by atoms with Crippen molar-refractivity contribution in [2.45, 2.75) is 51.2 Å². The Morgan fingerprint density at radius 2 is 1.39 bits per heavy atom. The molecule has 1 rings (SSSR count). The summed E-state index contributed by atoms with van der Waals surface area (Å²) in [5, 5.41) is 22.9. The highest BCUT2D eigenvalue weighted by Crippen LogP contribution is 2.13. The quantitative estimate of drug-likeness (QED) is 0.241. The molecule has 0 saturated carbocycles. The molecule has 36 heavy (non-hydrogen) atoms. The number of alkyl halides is 3. The molecule has 0 saturated heterocycles. The number of hydrogen-bond donors (Lipinski definition) is 6. The third-order valence-electron chi connectivity index (χ3n) is 3.95. The standard InChI is InChI=1S/C18H24N4O7.C2HF3O2/c1-10(16(25)22-13(17(26)27)8-14(19)23)20-15(24)11(2)21-18(28)29-9-12-6-4-3-5-7-12;3-2(4,5)1(6)7/h3-7,10-11,13H,8-9H2,1-2H3,(H2,19,23)(H,20,24)(H,21,28)(H,22,25)(H,26,27);(H,6,7). The molecule has 0 bridgehead atoms. The van der Waals surface area contributed by atoms with Crippen LogP contribution in [0.2, 0.25) is 0 Å². The molecule has 3 atom stereocenters. The predicted molar refractivity (Wildman–Crippen MR) is 114 cm³/mol. The minimum absolute atomic E-state index is 0.0241. The molecule has 0 aliphatic heterocycles. The van der Waals surface area contributed by atoms with Crippen LogP contribution >= 0.6 is 0 Å². The number of carboxylic acids is 2. The molecule has 1 aromatic rings. The summed E-state index contributed by atoms with van der Waals surface area (Å²) < 4.78 is 36.7. The van der Waals surface area contributed by atoms with Crippen LogP contribution in [-0.4, -0.2) is 70.3 Å². The number of primary amides is 1. The van der Waals surface area contributed by atoms with Crippen LogP contribution in [0, 0.1) is 0 Å². The topological polar surface area (TPSA) is 214 Å². The molecular weight excluding hydrogens is 497 g/mol. The maximum absolute atomic E-state index is 12.1. The smallest absolute Gasteiger partial charge is 0.480 e. The molecule has 13 nitrogen and oxygen atoms in total. The van der Waals surface area contributed by atoms with Gasteiger partial charge in [-0.05, 0) is 19.4 Å². The van der Waals surface area contributed by atoms with E-state index in [2.05, 4.69) is 16.0 Å².